The van der Waals surface area contributed by atoms with Gasteiger partial charge in [0.2, 0.25) is 5.95 Å². The highest BCUT2D eigenvalue weighted by atomic mass is 16.1. The Morgan fingerprint density at radius 3 is 2.70 bits per heavy atom. The maximum absolute atomic E-state index is 12.4. The van der Waals surface area contributed by atoms with E-state index < -0.39 is 0 Å². The number of nitrogens with one attached hydrogen (secondary N) is 1. The van der Waals surface area contributed by atoms with E-state index >= 15 is 0 Å². The fraction of sp³-hybridized carbons (Fsp3) is 0.611. The first kappa shape index (κ1) is 17.4. The minimum atomic E-state index is -0.111. The summed E-state index contributed by atoms with van der Waals surface area (Å²) in [5.41, 5.74) is 2.75. The first-order chi connectivity index (χ1) is 11.1. The molecule has 126 valence electrons. The van der Waals surface area contributed by atoms with E-state index in [1.165, 1.54) is 31.3 Å². The summed E-state index contributed by atoms with van der Waals surface area (Å²) in [5, 5.41) is 2.99. The first-order valence-corrected chi connectivity index (χ1v) is 8.70. The number of amides is 1. The van der Waals surface area contributed by atoms with Crippen molar-refractivity contribution in [1.82, 2.24) is 15.3 Å². The maximum atomic E-state index is 12.4. The van der Waals surface area contributed by atoms with Crippen LogP contribution in [-0.2, 0) is 0 Å². The molecule has 0 atom stereocenters. The van der Waals surface area contributed by atoms with Crippen LogP contribution in [0.5, 0.6) is 0 Å². The van der Waals surface area contributed by atoms with Gasteiger partial charge in [0.15, 0.2) is 0 Å². The Hall–Kier alpha value is -1.91. The van der Waals surface area contributed by atoms with Crippen LogP contribution in [0.2, 0.25) is 0 Å². The van der Waals surface area contributed by atoms with Crippen LogP contribution in [-0.4, -0.2) is 35.5 Å². The Morgan fingerprint density at radius 2 is 2.04 bits per heavy atom. The fourth-order valence-electron chi connectivity index (χ4n) is 2.88. The van der Waals surface area contributed by atoms with Crippen LogP contribution in [0.25, 0.3) is 0 Å². The summed E-state index contributed by atoms with van der Waals surface area (Å²) in [6, 6.07) is 1.75. The highest BCUT2D eigenvalue weighted by Crippen LogP contribution is 2.19. The molecule has 1 aliphatic rings. The van der Waals surface area contributed by atoms with Crippen LogP contribution >= 0.6 is 0 Å². The molecule has 2 rings (SSSR count). The molecule has 0 radical (unpaired) electrons. The molecule has 23 heavy (non-hydrogen) atoms. The minimum absolute atomic E-state index is 0.111. The predicted molar refractivity (Wildman–Crippen MR) is 93.8 cm³/mol. The molecule has 1 N–H and O–H groups in total. The van der Waals surface area contributed by atoms with Crippen molar-refractivity contribution in [2.24, 2.45) is 0 Å². The van der Waals surface area contributed by atoms with Gasteiger partial charge in [-0.2, -0.15) is 0 Å². The molecule has 1 aromatic heterocycles. The van der Waals surface area contributed by atoms with Gasteiger partial charge in [-0.3, -0.25) is 4.79 Å². The lowest BCUT2D eigenvalue weighted by molar-refractivity contribution is 0.0949. The molecule has 0 aromatic carbocycles. The zero-order valence-corrected chi connectivity index (χ0v) is 14.6. The molecule has 0 bridgehead atoms. The van der Waals surface area contributed by atoms with Gasteiger partial charge >= 0.3 is 0 Å². The monoisotopic (exact) mass is 316 g/mol. The SMILES string of the molecule is CCN(CC)c1nc(C)cc(C(=O)NCCC2=CCCCC2)n1. The topological polar surface area (TPSA) is 58.1 Å². The third kappa shape index (κ3) is 5.05. The van der Waals surface area contributed by atoms with Crippen molar-refractivity contribution in [1.29, 1.82) is 0 Å². The van der Waals surface area contributed by atoms with E-state index in [4.69, 9.17) is 0 Å². The number of rotatable bonds is 7. The van der Waals surface area contributed by atoms with Gasteiger partial charge in [-0.15, -0.1) is 0 Å². The molecule has 1 heterocycles. The lowest BCUT2D eigenvalue weighted by Crippen LogP contribution is -2.29. The van der Waals surface area contributed by atoms with Gasteiger partial charge in [0.1, 0.15) is 5.69 Å². The van der Waals surface area contributed by atoms with Crippen LogP contribution < -0.4 is 10.2 Å². The molecule has 5 nitrogen and oxygen atoms in total. The zero-order valence-electron chi connectivity index (χ0n) is 14.6. The van der Waals surface area contributed by atoms with Crippen molar-refractivity contribution >= 4 is 11.9 Å². The average Bonchev–Trinajstić information content (AvgIpc) is 2.56. The second-order valence-electron chi connectivity index (χ2n) is 5.98. The number of aryl methyl sites for hydroxylation is 1. The number of anilines is 1. The van der Waals surface area contributed by atoms with Crippen LogP contribution in [0.15, 0.2) is 17.7 Å². The summed E-state index contributed by atoms with van der Waals surface area (Å²) in [4.78, 5) is 23.3. The second-order valence-corrected chi connectivity index (χ2v) is 5.98. The molecule has 1 amide bonds. The van der Waals surface area contributed by atoms with Crippen molar-refractivity contribution in [3.05, 3.63) is 29.1 Å². The van der Waals surface area contributed by atoms with Crippen molar-refractivity contribution in [2.75, 3.05) is 24.5 Å². The first-order valence-electron chi connectivity index (χ1n) is 8.70. The van der Waals surface area contributed by atoms with E-state index in [0.717, 1.165) is 25.2 Å². The minimum Gasteiger partial charge on any atom is -0.350 e. The number of hydrogen-bond acceptors (Lipinski definition) is 4. The predicted octanol–water partition coefficient (Wildman–Crippen LogP) is 3.25. The van der Waals surface area contributed by atoms with Gasteiger partial charge in [-0.05, 0) is 58.9 Å². The molecular weight excluding hydrogens is 288 g/mol. The van der Waals surface area contributed by atoms with Crippen molar-refractivity contribution in [2.45, 2.75) is 52.9 Å². The summed E-state index contributed by atoms with van der Waals surface area (Å²) in [6.07, 6.45) is 8.19. The van der Waals surface area contributed by atoms with E-state index in [1.807, 2.05) is 6.92 Å². The number of allylic oxidation sites excluding steroid dienone is 1. The van der Waals surface area contributed by atoms with Gasteiger partial charge in [-0.25, -0.2) is 9.97 Å². The van der Waals surface area contributed by atoms with Crippen molar-refractivity contribution in [3.8, 4) is 0 Å². The number of nitrogens with zero attached hydrogens (tertiary/aromatic N) is 3. The molecule has 5 heteroatoms. The summed E-state index contributed by atoms with van der Waals surface area (Å²) in [5.74, 6) is 0.524. The Kier molecular flexibility index (Phi) is 6.56. The summed E-state index contributed by atoms with van der Waals surface area (Å²) >= 11 is 0. The standard InChI is InChI=1S/C18H28N4O/c1-4-22(5-2)18-20-14(3)13-16(21-18)17(23)19-12-11-15-9-7-6-8-10-15/h9,13H,4-8,10-12H2,1-3H3,(H,19,23). The van der Waals surface area contributed by atoms with E-state index in [9.17, 15) is 4.79 Å². The molecule has 0 saturated carbocycles. The maximum Gasteiger partial charge on any atom is 0.270 e. The van der Waals surface area contributed by atoms with Gasteiger partial charge < -0.3 is 10.2 Å². The quantitative estimate of drug-likeness (QED) is 0.785. The number of carbonyl (C=O) groups excluding carboxylic acids is 1. The molecule has 0 spiro atoms. The van der Waals surface area contributed by atoms with Crippen LogP contribution in [0.4, 0.5) is 5.95 Å². The van der Waals surface area contributed by atoms with E-state index in [1.54, 1.807) is 6.07 Å². The Balaban J connectivity index is 1.97. The van der Waals surface area contributed by atoms with Crippen molar-refractivity contribution < 1.29 is 4.79 Å². The smallest absolute Gasteiger partial charge is 0.270 e. The number of aromatic nitrogens is 2. The van der Waals surface area contributed by atoms with Crippen LogP contribution in [0, 0.1) is 6.92 Å². The zero-order chi connectivity index (χ0) is 16.7. The Bertz CT molecular complexity index is 564. The third-order valence-electron chi connectivity index (χ3n) is 4.24. The number of hydrogen-bond donors (Lipinski definition) is 1. The van der Waals surface area contributed by atoms with Crippen molar-refractivity contribution in [3.63, 3.8) is 0 Å². The molecule has 0 fully saturated rings. The van der Waals surface area contributed by atoms with Gasteiger partial charge in [0.25, 0.3) is 5.91 Å². The highest BCUT2D eigenvalue weighted by molar-refractivity contribution is 5.92. The molecule has 0 unspecified atom stereocenters. The van der Waals surface area contributed by atoms with E-state index in [-0.39, 0.29) is 5.91 Å². The highest BCUT2D eigenvalue weighted by Gasteiger charge is 2.13. The lowest BCUT2D eigenvalue weighted by atomic mass is 9.97. The number of carbonyl (C=O) groups is 1. The Morgan fingerprint density at radius 1 is 1.26 bits per heavy atom. The van der Waals surface area contributed by atoms with Crippen LogP contribution in [0.3, 0.4) is 0 Å². The average molecular weight is 316 g/mol. The van der Waals surface area contributed by atoms with Gasteiger partial charge in [-0.1, -0.05) is 11.6 Å². The van der Waals surface area contributed by atoms with E-state index in [0.29, 0.717) is 18.2 Å². The van der Waals surface area contributed by atoms with Gasteiger partial charge in [0.05, 0.1) is 0 Å². The Labute approximate surface area is 139 Å². The normalized spacial score (nSPS) is 14.3. The molecular formula is C18H28N4O. The largest absolute Gasteiger partial charge is 0.350 e. The summed E-state index contributed by atoms with van der Waals surface area (Å²) in [6.45, 7) is 8.36. The summed E-state index contributed by atoms with van der Waals surface area (Å²) in [7, 11) is 0. The second kappa shape index (κ2) is 8.65. The fourth-order valence-corrected chi connectivity index (χ4v) is 2.88. The lowest BCUT2D eigenvalue weighted by Gasteiger charge is -2.19. The van der Waals surface area contributed by atoms with E-state index in [2.05, 4.69) is 40.1 Å². The molecule has 0 saturated heterocycles. The molecule has 0 aliphatic heterocycles. The molecule has 1 aliphatic carbocycles. The van der Waals surface area contributed by atoms with Crippen LogP contribution in [0.1, 0.15) is 62.1 Å². The summed E-state index contributed by atoms with van der Waals surface area (Å²) < 4.78 is 0. The molecule has 1 aromatic rings. The third-order valence-corrected chi connectivity index (χ3v) is 4.24. The van der Waals surface area contributed by atoms with Gasteiger partial charge in [0, 0.05) is 25.3 Å².